The van der Waals surface area contributed by atoms with Gasteiger partial charge in [0.2, 0.25) is 5.78 Å². The minimum absolute atomic E-state index is 0.153. The zero-order valence-electron chi connectivity index (χ0n) is 15.2. The SMILES string of the molecule is COCCn1c(C)cc(C(=O)COC(=O)c2cc(Cl)ccc2[N+](=O)[O-])c1C. The summed E-state index contributed by atoms with van der Waals surface area (Å²) in [7, 11) is 1.59. The van der Waals surface area contributed by atoms with Gasteiger partial charge in [0, 0.05) is 41.7 Å². The van der Waals surface area contributed by atoms with Crippen LogP contribution in [-0.2, 0) is 16.0 Å². The van der Waals surface area contributed by atoms with Crippen molar-refractivity contribution < 1.29 is 24.0 Å². The summed E-state index contributed by atoms with van der Waals surface area (Å²) in [6.45, 7) is 4.21. The smallest absolute Gasteiger partial charge is 0.345 e. The highest BCUT2D eigenvalue weighted by Gasteiger charge is 2.23. The Kier molecular flexibility index (Phi) is 6.70. The van der Waals surface area contributed by atoms with Gasteiger partial charge in [-0.1, -0.05) is 11.6 Å². The van der Waals surface area contributed by atoms with Crippen LogP contribution in [0.1, 0.15) is 32.1 Å². The molecule has 8 nitrogen and oxygen atoms in total. The van der Waals surface area contributed by atoms with E-state index in [0.29, 0.717) is 18.7 Å². The van der Waals surface area contributed by atoms with E-state index in [1.165, 1.54) is 6.07 Å². The second-order valence-corrected chi connectivity index (χ2v) is 6.28. The normalized spacial score (nSPS) is 10.7. The van der Waals surface area contributed by atoms with Gasteiger partial charge < -0.3 is 14.0 Å². The number of hydrogen-bond acceptors (Lipinski definition) is 6. The molecule has 2 aromatic rings. The highest BCUT2D eigenvalue weighted by Crippen LogP contribution is 2.24. The molecule has 0 amide bonds. The molecular formula is C18H19ClN2O6. The summed E-state index contributed by atoms with van der Waals surface area (Å²) in [6, 6.07) is 5.27. The lowest BCUT2D eigenvalue weighted by atomic mass is 10.1. The first kappa shape index (κ1) is 20.6. The van der Waals surface area contributed by atoms with Gasteiger partial charge in [-0.25, -0.2) is 4.79 Å². The van der Waals surface area contributed by atoms with Crippen molar-refractivity contribution in [2.45, 2.75) is 20.4 Å². The number of ether oxygens (including phenoxy) is 2. The minimum Gasteiger partial charge on any atom is -0.454 e. The summed E-state index contributed by atoms with van der Waals surface area (Å²) in [5.74, 6) is -1.38. The third kappa shape index (κ3) is 4.72. The molecule has 0 saturated heterocycles. The highest BCUT2D eigenvalue weighted by atomic mass is 35.5. The Bertz CT molecular complexity index is 890. The molecule has 0 saturated carbocycles. The molecule has 0 aliphatic rings. The van der Waals surface area contributed by atoms with Crippen LogP contribution in [0, 0.1) is 24.0 Å². The predicted octanol–water partition coefficient (Wildman–Crippen LogP) is 3.35. The van der Waals surface area contributed by atoms with Crippen molar-refractivity contribution in [2.75, 3.05) is 20.3 Å². The number of nitro benzene ring substituents is 1. The third-order valence-corrected chi connectivity index (χ3v) is 4.34. The van der Waals surface area contributed by atoms with E-state index in [2.05, 4.69) is 0 Å². The molecule has 1 aromatic heterocycles. The van der Waals surface area contributed by atoms with E-state index < -0.39 is 29.0 Å². The number of aryl methyl sites for hydroxylation is 1. The van der Waals surface area contributed by atoms with Crippen LogP contribution in [0.25, 0.3) is 0 Å². The largest absolute Gasteiger partial charge is 0.454 e. The third-order valence-electron chi connectivity index (χ3n) is 4.10. The second-order valence-electron chi connectivity index (χ2n) is 5.85. The van der Waals surface area contributed by atoms with Crippen molar-refractivity contribution in [2.24, 2.45) is 0 Å². The van der Waals surface area contributed by atoms with E-state index in [0.717, 1.165) is 23.5 Å². The maximum absolute atomic E-state index is 12.4. The molecule has 0 bridgehead atoms. The molecule has 0 aliphatic carbocycles. The Labute approximate surface area is 160 Å². The van der Waals surface area contributed by atoms with Gasteiger partial charge in [-0.3, -0.25) is 14.9 Å². The number of carbonyl (C=O) groups is 2. The lowest BCUT2D eigenvalue weighted by Gasteiger charge is -2.09. The average molecular weight is 395 g/mol. The van der Waals surface area contributed by atoms with Crippen LogP contribution < -0.4 is 0 Å². The molecule has 1 heterocycles. The molecule has 2 rings (SSSR count). The number of ketones is 1. The highest BCUT2D eigenvalue weighted by molar-refractivity contribution is 6.31. The van der Waals surface area contributed by atoms with Gasteiger partial charge in [-0.15, -0.1) is 0 Å². The summed E-state index contributed by atoms with van der Waals surface area (Å²) in [6.07, 6.45) is 0. The van der Waals surface area contributed by atoms with Crippen LogP contribution in [0.4, 0.5) is 5.69 Å². The van der Waals surface area contributed by atoms with E-state index >= 15 is 0 Å². The number of methoxy groups -OCH3 is 1. The van der Waals surface area contributed by atoms with Crippen LogP contribution >= 0.6 is 11.6 Å². The number of carbonyl (C=O) groups excluding carboxylic acids is 2. The Morgan fingerprint density at radius 1 is 1.22 bits per heavy atom. The molecule has 0 radical (unpaired) electrons. The van der Waals surface area contributed by atoms with Crippen molar-refractivity contribution in [1.29, 1.82) is 0 Å². The van der Waals surface area contributed by atoms with E-state index in [9.17, 15) is 19.7 Å². The molecule has 0 aliphatic heterocycles. The van der Waals surface area contributed by atoms with Crippen LogP contribution in [0.15, 0.2) is 24.3 Å². The number of Topliss-reactive ketones (excluding diaryl/α,β-unsaturated/α-hetero) is 1. The van der Waals surface area contributed by atoms with Crippen molar-refractivity contribution in [3.05, 3.63) is 61.9 Å². The lowest BCUT2D eigenvalue weighted by Crippen LogP contribution is -2.16. The fourth-order valence-electron chi connectivity index (χ4n) is 2.73. The van der Waals surface area contributed by atoms with Gasteiger partial charge >= 0.3 is 5.97 Å². The molecule has 144 valence electrons. The number of esters is 1. The van der Waals surface area contributed by atoms with Crippen molar-refractivity contribution >= 4 is 29.0 Å². The summed E-state index contributed by atoms with van der Waals surface area (Å²) >= 11 is 5.80. The van der Waals surface area contributed by atoms with Crippen molar-refractivity contribution in [3.8, 4) is 0 Å². The summed E-state index contributed by atoms with van der Waals surface area (Å²) in [5.41, 5.74) is 1.31. The molecular weight excluding hydrogens is 376 g/mol. The zero-order valence-corrected chi connectivity index (χ0v) is 15.9. The maximum Gasteiger partial charge on any atom is 0.345 e. The maximum atomic E-state index is 12.4. The quantitative estimate of drug-likeness (QED) is 0.294. The first-order chi connectivity index (χ1) is 12.8. The fraction of sp³-hybridized carbons (Fsp3) is 0.333. The molecule has 1 aromatic carbocycles. The molecule has 0 spiro atoms. The molecule has 0 unspecified atom stereocenters. The number of nitro groups is 1. The molecule has 0 atom stereocenters. The Morgan fingerprint density at radius 3 is 2.56 bits per heavy atom. The number of rotatable bonds is 8. The van der Waals surface area contributed by atoms with Crippen LogP contribution in [-0.4, -0.2) is 41.6 Å². The van der Waals surface area contributed by atoms with Gasteiger partial charge in [-0.2, -0.15) is 0 Å². The number of aromatic nitrogens is 1. The van der Waals surface area contributed by atoms with E-state index in [4.69, 9.17) is 21.1 Å². The van der Waals surface area contributed by atoms with Gasteiger partial charge in [0.25, 0.3) is 5.69 Å². The monoisotopic (exact) mass is 394 g/mol. The Hall–Kier alpha value is -2.71. The zero-order chi connectivity index (χ0) is 20.1. The van der Waals surface area contributed by atoms with Crippen LogP contribution in [0.3, 0.4) is 0 Å². The average Bonchev–Trinajstić information content (AvgIpc) is 2.91. The van der Waals surface area contributed by atoms with E-state index in [-0.39, 0.29) is 10.6 Å². The molecule has 0 fully saturated rings. The topological polar surface area (TPSA) is 101 Å². The summed E-state index contributed by atoms with van der Waals surface area (Å²) in [5, 5.41) is 11.2. The molecule has 0 N–H and O–H groups in total. The van der Waals surface area contributed by atoms with Gasteiger partial charge in [0.15, 0.2) is 6.61 Å². The van der Waals surface area contributed by atoms with E-state index in [1.54, 1.807) is 20.1 Å². The first-order valence-corrected chi connectivity index (χ1v) is 8.44. The Morgan fingerprint density at radius 2 is 1.93 bits per heavy atom. The molecule has 9 heteroatoms. The number of benzene rings is 1. The van der Waals surface area contributed by atoms with Crippen molar-refractivity contribution in [1.82, 2.24) is 4.57 Å². The summed E-state index contributed by atoms with van der Waals surface area (Å²) < 4.78 is 12.0. The van der Waals surface area contributed by atoms with Gasteiger partial charge in [-0.05, 0) is 32.0 Å². The van der Waals surface area contributed by atoms with Gasteiger partial charge in [0.1, 0.15) is 5.56 Å². The summed E-state index contributed by atoms with van der Waals surface area (Å²) in [4.78, 5) is 35.0. The lowest BCUT2D eigenvalue weighted by molar-refractivity contribution is -0.385. The van der Waals surface area contributed by atoms with Crippen LogP contribution in [0.5, 0.6) is 0 Å². The number of halogens is 1. The van der Waals surface area contributed by atoms with Crippen molar-refractivity contribution in [3.63, 3.8) is 0 Å². The van der Waals surface area contributed by atoms with E-state index in [1.807, 2.05) is 11.5 Å². The van der Waals surface area contributed by atoms with Crippen LogP contribution in [0.2, 0.25) is 5.02 Å². The van der Waals surface area contributed by atoms with Gasteiger partial charge in [0.05, 0.1) is 11.5 Å². The number of hydrogen-bond donors (Lipinski definition) is 0. The molecule has 27 heavy (non-hydrogen) atoms. The Balaban J connectivity index is 2.13. The first-order valence-electron chi connectivity index (χ1n) is 8.06. The standard InChI is InChI=1S/C18H19ClN2O6/c1-11-8-14(12(2)20(11)6-7-26-3)17(22)10-27-18(23)15-9-13(19)4-5-16(15)21(24)25/h4-5,8-9H,6-7,10H2,1-3H3. The minimum atomic E-state index is -0.981. The number of nitrogens with zero attached hydrogens (tertiary/aromatic N) is 2. The fourth-order valence-corrected chi connectivity index (χ4v) is 2.90. The second kappa shape index (κ2) is 8.79. The predicted molar refractivity (Wildman–Crippen MR) is 98.5 cm³/mol.